The lowest BCUT2D eigenvalue weighted by molar-refractivity contribution is -0.132. The lowest BCUT2D eigenvalue weighted by atomic mass is 9.72. The molecule has 2 aromatic carbocycles. The van der Waals surface area contributed by atoms with Crippen LogP contribution in [0.15, 0.2) is 66.7 Å². The average Bonchev–Trinajstić information content (AvgIpc) is 3.09. The van der Waals surface area contributed by atoms with Crippen LogP contribution in [0.5, 0.6) is 0 Å². The van der Waals surface area contributed by atoms with Crippen LogP contribution in [0.2, 0.25) is 0 Å². The summed E-state index contributed by atoms with van der Waals surface area (Å²) >= 11 is 0. The van der Waals surface area contributed by atoms with E-state index in [0.717, 1.165) is 36.8 Å². The van der Waals surface area contributed by atoms with Crippen LogP contribution in [-0.2, 0) is 9.53 Å². The monoisotopic (exact) mass is 304 g/mol. The van der Waals surface area contributed by atoms with Crippen molar-refractivity contribution in [3.05, 3.63) is 77.9 Å². The molecule has 0 aromatic heterocycles. The van der Waals surface area contributed by atoms with Crippen molar-refractivity contribution in [2.24, 2.45) is 5.41 Å². The van der Waals surface area contributed by atoms with Gasteiger partial charge in [-0.1, -0.05) is 73.5 Å². The molecule has 1 aliphatic heterocycles. The molecule has 1 spiro atoms. The van der Waals surface area contributed by atoms with Crippen LogP contribution in [-0.4, -0.2) is 5.78 Å². The molecule has 0 radical (unpaired) electrons. The van der Waals surface area contributed by atoms with Gasteiger partial charge < -0.3 is 4.74 Å². The van der Waals surface area contributed by atoms with Gasteiger partial charge in [-0.15, -0.1) is 0 Å². The van der Waals surface area contributed by atoms with E-state index in [1.165, 1.54) is 0 Å². The van der Waals surface area contributed by atoms with Gasteiger partial charge in [0.05, 0.1) is 5.41 Å². The number of ketones is 1. The fraction of sp³-hybridized carbons (Fsp3) is 0.286. The van der Waals surface area contributed by atoms with Gasteiger partial charge in [-0.05, 0) is 18.4 Å². The molecule has 2 nitrogen and oxygen atoms in total. The van der Waals surface area contributed by atoms with Crippen LogP contribution < -0.4 is 0 Å². The molecule has 0 saturated heterocycles. The fourth-order valence-corrected chi connectivity index (χ4v) is 3.95. The third-order valence-corrected chi connectivity index (χ3v) is 5.16. The summed E-state index contributed by atoms with van der Waals surface area (Å²) in [7, 11) is 0. The molecule has 116 valence electrons. The van der Waals surface area contributed by atoms with Gasteiger partial charge in [0.2, 0.25) is 0 Å². The normalized spacial score (nSPS) is 22.7. The van der Waals surface area contributed by atoms with Crippen LogP contribution in [0.3, 0.4) is 0 Å². The van der Waals surface area contributed by atoms with E-state index in [9.17, 15) is 4.79 Å². The van der Waals surface area contributed by atoms with Crippen molar-refractivity contribution in [2.75, 3.05) is 0 Å². The number of hydrogen-bond acceptors (Lipinski definition) is 2. The van der Waals surface area contributed by atoms with E-state index in [-0.39, 0.29) is 17.3 Å². The number of benzene rings is 2. The van der Waals surface area contributed by atoms with Crippen molar-refractivity contribution in [3.8, 4) is 0 Å². The van der Waals surface area contributed by atoms with Gasteiger partial charge in [0, 0.05) is 11.6 Å². The Morgan fingerprint density at radius 2 is 1.48 bits per heavy atom. The van der Waals surface area contributed by atoms with Crippen LogP contribution in [0.1, 0.15) is 42.9 Å². The molecule has 4 rings (SSSR count). The first-order valence-corrected chi connectivity index (χ1v) is 8.33. The summed E-state index contributed by atoms with van der Waals surface area (Å²) < 4.78 is 6.41. The van der Waals surface area contributed by atoms with Crippen molar-refractivity contribution in [3.63, 3.8) is 0 Å². The maximum Gasteiger partial charge on any atom is 0.169 e. The lowest BCUT2D eigenvalue weighted by Crippen LogP contribution is -2.38. The Hall–Kier alpha value is -2.35. The molecule has 1 saturated carbocycles. The largest absolute Gasteiger partial charge is 0.484 e. The zero-order valence-corrected chi connectivity index (χ0v) is 13.1. The second-order valence-corrected chi connectivity index (χ2v) is 6.51. The molecule has 1 heterocycles. The first kappa shape index (κ1) is 14.3. The van der Waals surface area contributed by atoms with E-state index in [1.807, 2.05) is 48.5 Å². The third kappa shape index (κ3) is 2.39. The lowest BCUT2D eigenvalue weighted by Gasteiger charge is -2.39. The van der Waals surface area contributed by atoms with Crippen LogP contribution in [0.4, 0.5) is 0 Å². The predicted molar refractivity (Wildman–Crippen MR) is 90.6 cm³/mol. The summed E-state index contributed by atoms with van der Waals surface area (Å²) in [4.78, 5) is 13.0. The summed E-state index contributed by atoms with van der Waals surface area (Å²) in [6, 6.07) is 20.1. The van der Waals surface area contributed by atoms with Crippen LogP contribution >= 0.6 is 0 Å². The first-order valence-electron chi connectivity index (χ1n) is 8.33. The molecule has 0 amide bonds. The zero-order chi connectivity index (χ0) is 15.7. The molecular formula is C21H20O2. The predicted octanol–water partition coefficient (Wildman–Crippen LogP) is 4.93. The summed E-state index contributed by atoms with van der Waals surface area (Å²) in [5, 5.41) is 0. The number of ether oxygens (including phenoxy) is 1. The second kappa shape index (κ2) is 5.69. The molecule has 23 heavy (non-hydrogen) atoms. The Bertz CT molecular complexity index is 725. The molecule has 2 aromatic rings. The number of carbonyl (C=O) groups excluding carboxylic acids is 1. The highest BCUT2D eigenvalue weighted by molar-refractivity contribution is 6.01. The highest BCUT2D eigenvalue weighted by Gasteiger charge is 2.51. The molecule has 1 aliphatic carbocycles. The third-order valence-electron chi connectivity index (χ3n) is 5.16. The number of hydrogen-bond donors (Lipinski definition) is 0. The Labute approximate surface area is 136 Å². The fourth-order valence-electron chi connectivity index (χ4n) is 3.95. The zero-order valence-electron chi connectivity index (χ0n) is 13.1. The molecule has 1 fully saturated rings. The minimum Gasteiger partial charge on any atom is -0.484 e. The Morgan fingerprint density at radius 1 is 0.870 bits per heavy atom. The van der Waals surface area contributed by atoms with E-state index < -0.39 is 0 Å². The quantitative estimate of drug-likeness (QED) is 0.786. The Kier molecular flexibility index (Phi) is 3.53. The topological polar surface area (TPSA) is 26.3 Å². The van der Waals surface area contributed by atoms with E-state index in [0.29, 0.717) is 5.76 Å². The molecule has 2 heteroatoms. The minimum atomic E-state index is -0.375. The van der Waals surface area contributed by atoms with E-state index in [1.54, 1.807) is 6.08 Å². The van der Waals surface area contributed by atoms with Gasteiger partial charge in [0.1, 0.15) is 11.9 Å². The summed E-state index contributed by atoms with van der Waals surface area (Å²) in [5.41, 5.74) is 1.69. The number of allylic oxidation sites excluding steroid dienone is 1. The maximum atomic E-state index is 13.0. The molecule has 2 aliphatic rings. The van der Waals surface area contributed by atoms with E-state index >= 15 is 0 Å². The highest BCUT2D eigenvalue weighted by Crippen LogP contribution is 2.54. The molecular weight excluding hydrogens is 284 g/mol. The van der Waals surface area contributed by atoms with Gasteiger partial charge in [0.25, 0.3) is 0 Å². The van der Waals surface area contributed by atoms with Crippen LogP contribution in [0, 0.1) is 5.41 Å². The average molecular weight is 304 g/mol. The standard InChI is InChI=1S/C21H20O2/c22-19-15-18(16-9-3-1-4-10-16)23-20(17-11-5-2-6-12-17)21(19)13-7-8-14-21/h1-6,9-12,15,20H,7-8,13-14H2. The van der Waals surface area contributed by atoms with Crippen molar-refractivity contribution in [1.82, 2.24) is 0 Å². The first-order chi connectivity index (χ1) is 11.3. The molecule has 1 atom stereocenters. The van der Waals surface area contributed by atoms with Gasteiger partial charge in [-0.3, -0.25) is 4.79 Å². The summed E-state index contributed by atoms with van der Waals surface area (Å²) in [6.45, 7) is 0. The van der Waals surface area contributed by atoms with Gasteiger partial charge in [0.15, 0.2) is 5.78 Å². The second-order valence-electron chi connectivity index (χ2n) is 6.51. The molecule has 0 bridgehead atoms. The highest BCUT2D eigenvalue weighted by atomic mass is 16.5. The van der Waals surface area contributed by atoms with Crippen LogP contribution in [0.25, 0.3) is 5.76 Å². The van der Waals surface area contributed by atoms with Gasteiger partial charge in [-0.2, -0.15) is 0 Å². The smallest absolute Gasteiger partial charge is 0.169 e. The Balaban J connectivity index is 1.79. The van der Waals surface area contributed by atoms with Gasteiger partial charge in [-0.25, -0.2) is 0 Å². The summed E-state index contributed by atoms with van der Waals surface area (Å²) in [6.07, 6.45) is 5.59. The molecule has 0 N–H and O–H groups in total. The van der Waals surface area contributed by atoms with Gasteiger partial charge >= 0.3 is 0 Å². The van der Waals surface area contributed by atoms with E-state index in [2.05, 4.69) is 12.1 Å². The number of carbonyl (C=O) groups is 1. The van der Waals surface area contributed by atoms with Crippen molar-refractivity contribution in [2.45, 2.75) is 31.8 Å². The van der Waals surface area contributed by atoms with Crippen molar-refractivity contribution < 1.29 is 9.53 Å². The summed E-state index contributed by atoms with van der Waals surface area (Å²) in [5.74, 6) is 0.927. The SMILES string of the molecule is O=C1C=C(c2ccccc2)OC(c2ccccc2)C12CCCC2. The van der Waals surface area contributed by atoms with Crippen molar-refractivity contribution >= 4 is 11.5 Å². The number of rotatable bonds is 2. The van der Waals surface area contributed by atoms with E-state index in [4.69, 9.17) is 4.74 Å². The minimum absolute atomic E-state index is 0.182. The molecule has 1 unspecified atom stereocenters. The Morgan fingerprint density at radius 3 is 2.13 bits per heavy atom. The maximum absolute atomic E-state index is 13.0. The van der Waals surface area contributed by atoms with Crippen molar-refractivity contribution in [1.29, 1.82) is 0 Å².